The van der Waals surface area contributed by atoms with Crippen LogP contribution in [0, 0.1) is 0 Å². The highest BCUT2D eigenvalue weighted by atomic mass is 35.5. The number of ether oxygens (including phenoxy) is 8. The van der Waals surface area contributed by atoms with Gasteiger partial charge in [0.05, 0.1) is 117 Å². The summed E-state index contributed by atoms with van der Waals surface area (Å²) in [6.45, 7) is 7.32. The standard InChI is InChI=1S/C53H60ClF2N11O14S/c1-74-52-63-50(60-39-32-33(82(2,72)73)11-12-37(39)59-44(45-36(54)8-5-15-58-45)35-7-4-10-41-46(35)81-53(55,56)80-41)62-51(64-52)66-19-17-65(18-20-66)21-23-76-25-27-78-29-31-79-30-28-77-26-24-75-22-16-57-38-9-3-6-34-43(38)49(71)67(48(34)70)40-13-14-42(68)61-47(40)69/h3-12,15,32,40,44,57,59H,13-14,16-31H2,1-2H3,(H,61,68,69)(H,60,62,63,64)/t40?,44-/m0/s1. The second-order valence-electron chi connectivity index (χ2n) is 18.8. The quantitative estimate of drug-likeness (QED) is 0.0383. The van der Waals surface area contributed by atoms with Crippen LogP contribution in [0.25, 0.3) is 0 Å². The largest absolute Gasteiger partial charge is 0.586 e. The van der Waals surface area contributed by atoms with Crippen molar-refractivity contribution in [2.24, 2.45) is 0 Å². The van der Waals surface area contributed by atoms with Crippen LogP contribution in [0.15, 0.2) is 77.8 Å². The number of imide groups is 2. The van der Waals surface area contributed by atoms with Crippen molar-refractivity contribution < 1.29 is 74.3 Å². The summed E-state index contributed by atoms with van der Waals surface area (Å²) < 4.78 is 97.9. The van der Waals surface area contributed by atoms with Gasteiger partial charge in [-0.15, -0.1) is 8.78 Å². The Bertz CT molecular complexity index is 3240. The first kappa shape index (κ1) is 59.2. The second kappa shape index (κ2) is 27.1. The number of fused-ring (bicyclic) bond motifs is 2. The molecule has 438 valence electrons. The zero-order valence-electron chi connectivity index (χ0n) is 44.7. The molecule has 4 aliphatic rings. The van der Waals surface area contributed by atoms with E-state index in [1.165, 1.54) is 49.7 Å². The molecule has 29 heteroatoms. The number of aromatic nitrogens is 4. The topological polar surface area (TPSA) is 286 Å². The summed E-state index contributed by atoms with van der Waals surface area (Å²) in [5.74, 6) is -2.33. The first-order valence-corrected chi connectivity index (χ1v) is 28.4. The number of carbonyl (C=O) groups is 4. The Hall–Kier alpha value is -7.44. The Morgan fingerprint density at radius 1 is 0.793 bits per heavy atom. The van der Waals surface area contributed by atoms with Gasteiger partial charge in [0.15, 0.2) is 21.3 Å². The molecule has 0 spiro atoms. The Labute approximate surface area is 475 Å². The minimum atomic E-state index is -3.92. The molecular weight excluding hydrogens is 1120 g/mol. The van der Waals surface area contributed by atoms with Crippen molar-refractivity contribution in [2.75, 3.05) is 140 Å². The fourth-order valence-corrected chi connectivity index (χ4v) is 10.2. The molecule has 2 aromatic heterocycles. The molecule has 25 nitrogen and oxygen atoms in total. The number of halogens is 3. The number of methoxy groups -OCH3 is 1. The lowest BCUT2D eigenvalue weighted by Crippen LogP contribution is -2.54. The van der Waals surface area contributed by atoms with E-state index in [1.54, 1.807) is 30.3 Å². The van der Waals surface area contributed by atoms with E-state index in [2.05, 4.69) is 46.1 Å². The van der Waals surface area contributed by atoms with Gasteiger partial charge < -0.3 is 58.7 Å². The van der Waals surface area contributed by atoms with Crippen molar-refractivity contribution >= 4 is 74.0 Å². The number of para-hydroxylation sites is 1. The fourth-order valence-electron chi connectivity index (χ4n) is 9.28. The molecule has 2 fully saturated rings. The van der Waals surface area contributed by atoms with Crippen LogP contribution in [0.5, 0.6) is 17.5 Å². The third-order valence-corrected chi connectivity index (χ3v) is 14.7. The fraction of sp³-hybridized carbons (Fsp3) is 0.434. The average Bonchev–Trinajstić information content (AvgIpc) is 3.25. The van der Waals surface area contributed by atoms with Gasteiger partial charge in [0.1, 0.15) is 6.04 Å². The molecule has 2 saturated heterocycles. The number of hydrogen-bond donors (Lipinski definition) is 4. The number of piperidine rings is 1. The van der Waals surface area contributed by atoms with Crippen LogP contribution < -0.4 is 40.4 Å². The van der Waals surface area contributed by atoms with E-state index >= 15 is 0 Å². The van der Waals surface area contributed by atoms with Crippen molar-refractivity contribution in [1.82, 2.24) is 35.1 Å². The highest BCUT2D eigenvalue weighted by Crippen LogP contribution is 2.48. The second-order valence-corrected chi connectivity index (χ2v) is 21.3. The van der Waals surface area contributed by atoms with Crippen molar-refractivity contribution in [2.45, 2.75) is 36.1 Å². The minimum absolute atomic E-state index is 0.00182. The molecule has 0 aliphatic carbocycles. The lowest BCUT2D eigenvalue weighted by molar-refractivity contribution is -0.287. The van der Waals surface area contributed by atoms with E-state index in [4.69, 9.17) is 49.5 Å². The number of alkyl halides is 2. The summed E-state index contributed by atoms with van der Waals surface area (Å²) in [5.41, 5.74) is 1.79. The molecule has 0 saturated carbocycles. The van der Waals surface area contributed by atoms with E-state index in [-0.39, 0.29) is 74.3 Å². The number of carbonyl (C=O) groups excluding carboxylic acids is 4. The lowest BCUT2D eigenvalue weighted by atomic mass is 10.0. The zero-order chi connectivity index (χ0) is 57.8. The van der Waals surface area contributed by atoms with Crippen molar-refractivity contribution in [3.05, 3.63) is 100 Å². The molecule has 9 rings (SSSR count). The molecule has 0 bridgehead atoms. The number of rotatable bonds is 29. The number of anilines is 5. The van der Waals surface area contributed by atoms with Gasteiger partial charge in [-0.2, -0.15) is 15.0 Å². The van der Waals surface area contributed by atoms with Crippen LogP contribution in [-0.2, 0) is 43.1 Å². The number of piperazine rings is 1. The molecule has 82 heavy (non-hydrogen) atoms. The summed E-state index contributed by atoms with van der Waals surface area (Å²) in [6.07, 6.45) is -1.23. The van der Waals surface area contributed by atoms with Crippen LogP contribution in [-0.4, -0.2) is 193 Å². The van der Waals surface area contributed by atoms with E-state index in [1.807, 2.05) is 4.90 Å². The molecular formula is C53H60ClF2N11O14S. The summed E-state index contributed by atoms with van der Waals surface area (Å²) in [5, 5.41) is 12.0. The zero-order valence-corrected chi connectivity index (χ0v) is 46.3. The van der Waals surface area contributed by atoms with Gasteiger partial charge in [0.2, 0.25) is 23.7 Å². The minimum Gasteiger partial charge on any atom is -0.467 e. The number of amides is 4. The predicted octanol–water partition coefficient (Wildman–Crippen LogP) is 4.32. The van der Waals surface area contributed by atoms with Crippen molar-refractivity contribution in [3.63, 3.8) is 0 Å². The van der Waals surface area contributed by atoms with E-state index in [9.17, 15) is 36.4 Å². The van der Waals surface area contributed by atoms with Crippen LogP contribution >= 0.6 is 11.6 Å². The number of pyridine rings is 1. The first-order valence-electron chi connectivity index (χ1n) is 26.2. The third kappa shape index (κ3) is 14.8. The summed E-state index contributed by atoms with van der Waals surface area (Å²) in [4.78, 5) is 73.5. The van der Waals surface area contributed by atoms with Crippen LogP contribution in [0.4, 0.5) is 37.7 Å². The van der Waals surface area contributed by atoms with Crippen LogP contribution in [0.1, 0.15) is 50.9 Å². The van der Waals surface area contributed by atoms with Gasteiger partial charge in [-0.1, -0.05) is 29.8 Å². The van der Waals surface area contributed by atoms with Gasteiger partial charge in [-0.25, -0.2) is 8.42 Å². The highest BCUT2D eigenvalue weighted by Gasteiger charge is 2.47. The van der Waals surface area contributed by atoms with Gasteiger partial charge in [-0.3, -0.25) is 39.3 Å². The monoisotopic (exact) mass is 1180 g/mol. The molecule has 2 atom stereocenters. The number of benzene rings is 3. The van der Waals surface area contributed by atoms with Crippen molar-refractivity contribution in [1.29, 1.82) is 0 Å². The number of nitrogens with zero attached hydrogens (tertiary/aromatic N) is 7. The first-order chi connectivity index (χ1) is 39.6. The maximum atomic E-state index is 14.4. The molecule has 4 aliphatic heterocycles. The molecule has 0 radical (unpaired) electrons. The Morgan fingerprint density at radius 2 is 1.49 bits per heavy atom. The molecule has 4 amide bonds. The predicted molar refractivity (Wildman–Crippen MR) is 291 cm³/mol. The molecule has 6 heterocycles. The smallest absolute Gasteiger partial charge is 0.467 e. The Morgan fingerprint density at radius 3 is 2.17 bits per heavy atom. The van der Waals surface area contributed by atoms with Gasteiger partial charge in [0, 0.05) is 69.4 Å². The summed E-state index contributed by atoms with van der Waals surface area (Å²) in [6, 6.07) is 14.7. The summed E-state index contributed by atoms with van der Waals surface area (Å²) in [7, 11) is -2.32. The molecule has 5 aromatic rings. The molecule has 4 N–H and O–H groups in total. The van der Waals surface area contributed by atoms with Gasteiger partial charge >= 0.3 is 12.3 Å². The summed E-state index contributed by atoms with van der Waals surface area (Å²) >= 11 is 6.64. The van der Waals surface area contributed by atoms with E-state index in [0.717, 1.165) is 11.2 Å². The van der Waals surface area contributed by atoms with Crippen LogP contribution in [0.2, 0.25) is 5.02 Å². The molecule has 3 aromatic carbocycles. The van der Waals surface area contributed by atoms with Gasteiger partial charge in [-0.05, 0) is 55.0 Å². The third-order valence-electron chi connectivity index (χ3n) is 13.3. The average molecular weight is 1180 g/mol. The Balaban J connectivity index is 0.652. The van der Waals surface area contributed by atoms with Crippen molar-refractivity contribution in [3.8, 4) is 17.5 Å². The number of hydrogen-bond acceptors (Lipinski definition) is 23. The number of sulfone groups is 1. The molecule has 1 unspecified atom stereocenters. The van der Waals surface area contributed by atoms with E-state index < -0.39 is 51.8 Å². The maximum absolute atomic E-state index is 14.4. The Kier molecular flexibility index (Phi) is 19.6. The SMILES string of the molecule is COc1nc(Nc2cc(S(C)(=O)=O)ccc2N[C@@H](c2cccc3c2OC(F)(F)O3)c2ncccc2Cl)nc(N2CCN(CCOCCOCCOCCOCCOCCNc3cccc4c3C(=O)N(C3CCC(=O)NC3=O)C4=O)CC2)n1. The lowest BCUT2D eigenvalue weighted by Gasteiger charge is -2.34. The normalized spacial score (nSPS) is 17.2. The maximum Gasteiger partial charge on any atom is 0.586 e. The van der Waals surface area contributed by atoms with Crippen LogP contribution in [0.3, 0.4) is 0 Å². The highest BCUT2D eigenvalue weighted by molar-refractivity contribution is 7.90. The van der Waals surface area contributed by atoms with E-state index in [0.29, 0.717) is 123 Å². The number of nitrogens with one attached hydrogen (secondary N) is 4. The van der Waals surface area contributed by atoms with Gasteiger partial charge in [0.25, 0.3) is 11.8 Å².